The minimum atomic E-state index is -0.319. The first kappa shape index (κ1) is 12.8. The third-order valence-electron chi connectivity index (χ3n) is 2.87. The van der Waals surface area contributed by atoms with E-state index in [-0.39, 0.29) is 17.6 Å². The molecule has 0 bridgehead atoms. The molecule has 3 rings (SSSR count). The van der Waals surface area contributed by atoms with E-state index in [4.69, 9.17) is 16.3 Å². The lowest BCUT2D eigenvalue weighted by Crippen LogP contribution is -2.06. The Morgan fingerprint density at radius 1 is 1.35 bits per heavy atom. The number of benzene rings is 1. The van der Waals surface area contributed by atoms with Crippen molar-refractivity contribution in [1.29, 1.82) is 0 Å². The van der Waals surface area contributed by atoms with Crippen molar-refractivity contribution < 1.29 is 9.13 Å². The van der Waals surface area contributed by atoms with Crippen LogP contribution in [0, 0.1) is 12.7 Å². The quantitative estimate of drug-likeness (QED) is 0.697. The highest BCUT2D eigenvalue weighted by atomic mass is 35.5. The molecule has 0 saturated heterocycles. The van der Waals surface area contributed by atoms with Crippen LogP contribution in [0.4, 0.5) is 4.39 Å². The molecule has 5 nitrogen and oxygen atoms in total. The van der Waals surface area contributed by atoms with Gasteiger partial charge in [0.1, 0.15) is 23.9 Å². The molecule has 0 unspecified atom stereocenters. The number of hydrogen-bond acceptors (Lipinski definition) is 4. The van der Waals surface area contributed by atoms with E-state index < -0.39 is 0 Å². The van der Waals surface area contributed by atoms with Crippen LogP contribution in [0.15, 0.2) is 30.6 Å². The first-order valence-electron chi connectivity index (χ1n) is 5.89. The van der Waals surface area contributed by atoms with E-state index in [0.717, 1.165) is 0 Å². The highest BCUT2D eigenvalue weighted by molar-refractivity contribution is 6.30. The summed E-state index contributed by atoms with van der Waals surface area (Å²) in [6.07, 6.45) is 1.36. The van der Waals surface area contributed by atoms with Gasteiger partial charge in [0, 0.05) is 11.1 Å². The average Bonchev–Trinajstić information content (AvgIpc) is 2.89. The Hall–Kier alpha value is -2.21. The Labute approximate surface area is 119 Å². The summed E-state index contributed by atoms with van der Waals surface area (Å²) in [5, 5.41) is 4.31. The van der Waals surface area contributed by atoms with Crippen LogP contribution in [0.2, 0.25) is 5.15 Å². The third kappa shape index (κ3) is 2.18. The summed E-state index contributed by atoms with van der Waals surface area (Å²) in [6, 6.07) is 6.42. The Balaban J connectivity index is 1.97. The van der Waals surface area contributed by atoms with Gasteiger partial charge >= 0.3 is 0 Å². The predicted octanol–water partition coefficient (Wildman–Crippen LogP) is 2.80. The molecule has 0 N–H and O–H groups in total. The molecule has 20 heavy (non-hydrogen) atoms. The summed E-state index contributed by atoms with van der Waals surface area (Å²) >= 11 is 6.02. The maximum Gasteiger partial charge on any atom is 0.256 e. The van der Waals surface area contributed by atoms with Crippen LogP contribution >= 0.6 is 11.6 Å². The summed E-state index contributed by atoms with van der Waals surface area (Å²) in [4.78, 5) is 8.03. The van der Waals surface area contributed by atoms with Gasteiger partial charge in [-0.1, -0.05) is 29.8 Å². The summed E-state index contributed by atoms with van der Waals surface area (Å²) < 4.78 is 20.7. The molecule has 102 valence electrons. The Bertz CT molecular complexity index is 774. The minimum absolute atomic E-state index is 0.0722. The van der Waals surface area contributed by atoms with Crippen molar-refractivity contribution in [1.82, 2.24) is 19.6 Å². The average molecular weight is 293 g/mol. The van der Waals surface area contributed by atoms with Gasteiger partial charge in [-0.2, -0.15) is 19.6 Å². The van der Waals surface area contributed by atoms with E-state index in [1.165, 1.54) is 16.9 Å². The van der Waals surface area contributed by atoms with Gasteiger partial charge in [-0.25, -0.2) is 4.39 Å². The molecule has 1 aromatic carbocycles. The number of fused-ring (bicyclic) bond motifs is 1. The molecule has 0 fully saturated rings. The lowest BCUT2D eigenvalue weighted by Gasteiger charge is -2.11. The van der Waals surface area contributed by atoms with E-state index in [1.807, 2.05) is 0 Å². The fraction of sp³-hybridized carbons (Fsp3) is 0.154. The van der Waals surface area contributed by atoms with Crippen molar-refractivity contribution in [2.24, 2.45) is 0 Å². The van der Waals surface area contributed by atoms with Gasteiger partial charge in [-0.3, -0.25) is 0 Å². The van der Waals surface area contributed by atoms with Crippen molar-refractivity contribution in [3.05, 3.63) is 52.7 Å². The summed E-state index contributed by atoms with van der Waals surface area (Å²) in [7, 11) is 0. The smallest absolute Gasteiger partial charge is 0.256 e. The first-order chi connectivity index (χ1) is 9.66. The molecule has 2 aromatic heterocycles. The number of halogens is 2. The molecule has 0 aliphatic carbocycles. The van der Waals surface area contributed by atoms with Gasteiger partial charge in [0.15, 0.2) is 0 Å². The normalized spacial score (nSPS) is 10.9. The summed E-state index contributed by atoms with van der Waals surface area (Å²) in [5.41, 5.74) is 1.08. The van der Waals surface area contributed by atoms with Crippen LogP contribution in [0.25, 0.3) is 5.78 Å². The number of ether oxygens (including phenoxy) is 1. The van der Waals surface area contributed by atoms with Gasteiger partial charge in [-0.05, 0) is 13.0 Å². The zero-order valence-corrected chi connectivity index (χ0v) is 11.3. The fourth-order valence-electron chi connectivity index (χ4n) is 1.80. The number of rotatable bonds is 3. The van der Waals surface area contributed by atoms with Gasteiger partial charge < -0.3 is 4.74 Å². The second-order valence-corrected chi connectivity index (χ2v) is 4.54. The molecule has 3 aromatic rings. The highest BCUT2D eigenvalue weighted by Gasteiger charge is 2.14. The van der Waals surface area contributed by atoms with Crippen LogP contribution < -0.4 is 4.74 Å². The molecule has 0 aliphatic heterocycles. The van der Waals surface area contributed by atoms with Crippen molar-refractivity contribution in [3.8, 4) is 5.88 Å². The zero-order chi connectivity index (χ0) is 14.1. The monoisotopic (exact) mass is 292 g/mol. The van der Waals surface area contributed by atoms with Crippen molar-refractivity contribution in [3.63, 3.8) is 0 Å². The van der Waals surface area contributed by atoms with E-state index in [1.54, 1.807) is 25.1 Å². The summed E-state index contributed by atoms with van der Waals surface area (Å²) in [6.45, 7) is 1.83. The third-order valence-corrected chi connectivity index (χ3v) is 3.24. The van der Waals surface area contributed by atoms with Crippen LogP contribution in [0.5, 0.6) is 5.88 Å². The van der Waals surface area contributed by atoms with Gasteiger partial charge in [0.25, 0.3) is 5.78 Å². The molecule has 0 aliphatic rings. The molecule has 0 amide bonds. The molecule has 0 spiro atoms. The molecular weight excluding hydrogens is 283 g/mol. The second kappa shape index (κ2) is 5.05. The number of hydrogen-bond donors (Lipinski definition) is 0. The molecule has 0 radical (unpaired) electrons. The maximum atomic E-state index is 13.6. The van der Waals surface area contributed by atoms with Crippen molar-refractivity contribution >= 4 is 17.4 Å². The maximum absolute atomic E-state index is 13.6. The Morgan fingerprint density at radius 3 is 2.95 bits per heavy atom. The fourth-order valence-corrected chi connectivity index (χ4v) is 1.96. The van der Waals surface area contributed by atoms with Gasteiger partial charge in [0.05, 0.1) is 0 Å². The van der Waals surface area contributed by atoms with Crippen LogP contribution in [0.1, 0.15) is 11.1 Å². The van der Waals surface area contributed by atoms with Gasteiger partial charge in [0.2, 0.25) is 5.88 Å². The Kier molecular flexibility index (Phi) is 3.23. The van der Waals surface area contributed by atoms with Crippen LogP contribution in [-0.2, 0) is 6.61 Å². The van der Waals surface area contributed by atoms with E-state index in [0.29, 0.717) is 22.8 Å². The standard InChI is InChI=1S/C13H10ClFN4O/c1-8-11(14)18-13-16-7-17-19(13)12(8)20-6-9-4-2-3-5-10(9)15/h2-5,7H,6H2,1H3. The van der Waals surface area contributed by atoms with Gasteiger partial charge in [-0.15, -0.1) is 0 Å². The van der Waals surface area contributed by atoms with Crippen molar-refractivity contribution in [2.75, 3.05) is 0 Å². The van der Waals surface area contributed by atoms with Crippen LogP contribution in [0.3, 0.4) is 0 Å². The largest absolute Gasteiger partial charge is 0.472 e. The zero-order valence-electron chi connectivity index (χ0n) is 10.5. The molecular formula is C13H10ClFN4O. The van der Waals surface area contributed by atoms with Crippen molar-refractivity contribution in [2.45, 2.75) is 13.5 Å². The molecule has 0 saturated carbocycles. The number of nitrogens with zero attached hydrogens (tertiary/aromatic N) is 4. The molecule has 7 heteroatoms. The predicted molar refractivity (Wildman–Crippen MR) is 71.3 cm³/mol. The lowest BCUT2D eigenvalue weighted by molar-refractivity contribution is 0.277. The molecule has 2 heterocycles. The number of aromatic nitrogens is 4. The minimum Gasteiger partial charge on any atom is -0.472 e. The lowest BCUT2D eigenvalue weighted by atomic mass is 10.2. The highest BCUT2D eigenvalue weighted by Crippen LogP contribution is 2.25. The molecule has 0 atom stereocenters. The van der Waals surface area contributed by atoms with E-state index in [2.05, 4.69) is 15.1 Å². The summed E-state index contributed by atoms with van der Waals surface area (Å²) in [5.74, 6) is 0.421. The van der Waals surface area contributed by atoms with Crippen LogP contribution in [-0.4, -0.2) is 19.6 Å². The first-order valence-corrected chi connectivity index (χ1v) is 6.26. The second-order valence-electron chi connectivity index (χ2n) is 4.18. The van der Waals surface area contributed by atoms with E-state index >= 15 is 0 Å². The van der Waals surface area contributed by atoms with E-state index in [9.17, 15) is 4.39 Å². The Morgan fingerprint density at radius 2 is 2.15 bits per heavy atom. The topological polar surface area (TPSA) is 52.3 Å². The SMILES string of the molecule is Cc1c(Cl)nc2ncnn2c1OCc1ccccc1F.